The number of hydrogen-bond donors (Lipinski definition) is 0. The first-order valence-electron chi connectivity index (χ1n) is 12.0. The van der Waals surface area contributed by atoms with Gasteiger partial charge >= 0.3 is 30.4 Å². The van der Waals surface area contributed by atoms with Gasteiger partial charge in [0, 0.05) is 0 Å². The van der Waals surface area contributed by atoms with Gasteiger partial charge in [-0.3, -0.25) is 4.79 Å². The number of ketones is 1. The number of halogens is 9. The molecule has 0 saturated heterocycles. The van der Waals surface area contributed by atoms with Gasteiger partial charge in [-0.25, -0.2) is 0 Å². The van der Waals surface area contributed by atoms with Crippen molar-refractivity contribution < 1.29 is 42.6 Å². The first-order valence-corrected chi connectivity index (χ1v) is 19.6. The van der Waals surface area contributed by atoms with Crippen molar-refractivity contribution in [2.24, 2.45) is 0 Å². The third kappa shape index (κ3) is 7.83. The van der Waals surface area contributed by atoms with Gasteiger partial charge in [-0.1, -0.05) is 104 Å². The highest BCUT2D eigenvalue weighted by Crippen LogP contribution is 2.47. The van der Waals surface area contributed by atoms with Crippen molar-refractivity contribution in [2.45, 2.75) is 21.6 Å². The van der Waals surface area contributed by atoms with Crippen LogP contribution in [0.3, 0.4) is 0 Å². The summed E-state index contributed by atoms with van der Waals surface area (Å²) >= 11 is 54.0. The van der Waals surface area contributed by atoms with E-state index in [-0.39, 0.29) is 20.1 Å². The molecule has 0 aromatic heterocycles. The number of carbonyl (C=O) groups excluding carboxylic acids is 1. The summed E-state index contributed by atoms with van der Waals surface area (Å²) in [6, 6.07) is 7.48. The van der Waals surface area contributed by atoms with Gasteiger partial charge in [0.05, 0.1) is 50.8 Å². The lowest BCUT2D eigenvalue weighted by molar-refractivity contribution is 0.101. The summed E-state index contributed by atoms with van der Waals surface area (Å²) in [7, 11) is -15.4. The number of hydrogen-bond acceptors (Lipinski definition) is 10. The molecule has 0 aliphatic carbocycles. The third-order valence-electron chi connectivity index (χ3n) is 5.85. The summed E-state index contributed by atoms with van der Waals surface area (Å²) < 4.78 is 96.7. The van der Waals surface area contributed by atoms with Crippen LogP contribution in [0.1, 0.15) is 17.3 Å². The number of benzene rings is 4. The lowest BCUT2D eigenvalue weighted by Gasteiger charge is -2.19. The SMILES string of the molecule is CC(=O)c1ccc(OS(=O)(=O)c2ccc(Cl)c(Cl)c2Cl)c(OS(=O)(=O)c2ccc(Cl)c(Cl)c2Cl)c1OS(=O)(=O)c1ccc(Cl)c(Cl)c1Cl. The maximum atomic E-state index is 13.6. The van der Waals surface area contributed by atoms with Crippen molar-refractivity contribution in [3.05, 3.63) is 99.3 Å². The summed E-state index contributed by atoms with van der Waals surface area (Å²) in [4.78, 5) is 10.3. The zero-order valence-electron chi connectivity index (χ0n) is 22.8. The second-order valence-electron chi connectivity index (χ2n) is 8.96. The van der Waals surface area contributed by atoms with Gasteiger partial charge in [0.25, 0.3) is 0 Å². The minimum absolute atomic E-state index is 0.123. The molecule has 0 amide bonds. The van der Waals surface area contributed by atoms with Crippen molar-refractivity contribution in [3.8, 4) is 17.2 Å². The molecule has 0 fully saturated rings. The Bertz CT molecular complexity index is 2350. The van der Waals surface area contributed by atoms with Crippen LogP contribution in [0.4, 0.5) is 0 Å². The number of Topliss-reactive ketones (excluding diaryl/α,β-unsaturated/α-hetero) is 1. The largest absolute Gasteiger partial charge is 0.375 e. The maximum Gasteiger partial charge on any atom is 0.341 e. The van der Waals surface area contributed by atoms with Gasteiger partial charge in [-0.2, -0.15) is 25.3 Å². The van der Waals surface area contributed by atoms with Crippen molar-refractivity contribution in [1.29, 1.82) is 0 Å². The zero-order chi connectivity index (χ0) is 36.1. The molecule has 0 aliphatic heterocycles. The summed E-state index contributed by atoms with van der Waals surface area (Å²) in [5.41, 5.74) is -0.641. The van der Waals surface area contributed by atoms with Crippen LogP contribution in [0.15, 0.2) is 63.2 Å². The quantitative estimate of drug-likeness (QED) is 0.0856. The standard InChI is InChI=1S/C26H11Cl9O10S3/c1-10(36)11-2-6-15(43-46(37,38)16-7-3-12(27)19(30)22(16)33)26(45-48(41,42)18-9-5-14(29)21(32)24(18)35)25(11)44-47(39,40)17-8-4-13(28)20(31)23(17)34/h2-9H,1H3. The van der Waals surface area contributed by atoms with E-state index < -0.39 is 98.7 Å². The van der Waals surface area contributed by atoms with Gasteiger partial charge < -0.3 is 12.5 Å². The second kappa shape index (κ2) is 14.6. The summed E-state index contributed by atoms with van der Waals surface area (Å²) in [5.74, 6) is -4.40. The van der Waals surface area contributed by atoms with E-state index in [0.717, 1.165) is 55.5 Å². The highest BCUT2D eigenvalue weighted by atomic mass is 35.5. The fourth-order valence-electron chi connectivity index (χ4n) is 3.63. The van der Waals surface area contributed by atoms with Gasteiger partial charge in [0.15, 0.2) is 11.5 Å². The number of carbonyl (C=O) groups is 1. The smallest absolute Gasteiger partial charge is 0.341 e. The minimum atomic E-state index is -5.22. The lowest BCUT2D eigenvalue weighted by atomic mass is 10.1. The van der Waals surface area contributed by atoms with Crippen LogP contribution in [0.2, 0.25) is 45.2 Å². The molecule has 0 saturated carbocycles. The molecule has 22 heteroatoms. The molecule has 0 unspecified atom stereocenters. The average molecular weight is 899 g/mol. The zero-order valence-corrected chi connectivity index (χ0v) is 32.1. The molecule has 0 aliphatic rings. The fraction of sp³-hybridized carbons (Fsp3) is 0.0385. The molecule has 10 nitrogen and oxygen atoms in total. The van der Waals surface area contributed by atoms with Crippen molar-refractivity contribution in [1.82, 2.24) is 0 Å². The summed E-state index contributed by atoms with van der Waals surface area (Å²) in [6.07, 6.45) is 0. The van der Waals surface area contributed by atoms with Gasteiger partial charge in [-0.15, -0.1) is 0 Å². The summed E-state index contributed by atoms with van der Waals surface area (Å²) in [5, 5.41) is -3.44. The van der Waals surface area contributed by atoms with E-state index in [9.17, 15) is 30.0 Å². The molecule has 4 rings (SSSR count). The van der Waals surface area contributed by atoms with E-state index in [1.54, 1.807) is 0 Å². The molecule has 0 spiro atoms. The second-order valence-corrected chi connectivity index (χ2v) is 17.0. The molecular formula is C26H11Cl9O10S3. The molecule has 0 atom stereocenters. The van der Waals surface area contributed by atoms with E-state index in [4.69, 9.17) is 117 Å². The van der Waals surface area contributed by atoms with E-state index in [1.165, 1.54) is 0 Å². The Kier molecular flexibility index (Phi) is 11.9. The molecule has 48 heavy (non-hydrogen) atoms. The van der Waals surface area contributed by atoms with E-state index >= 15 is 0 Å². The minimum Gasteiger partial charge on any atom is -0.375 e. The Morgan fingerprint density at radius 3 is 1.15 bits per heavy atom. The Balaban J connectivity index is 2.02. The van der Waals surface area contributed by atoms with Crippen LogP contribution < -0.4 is 12.5 Å². The Morgan fingerprint density at radius 2 is 0.792 bits per heavy atom. The predicted octanol–water partition coefficient (Wildman–Crippen LogP) is 10.1. The Morgan fingerprint density at radius 1 is 0.458 bits per heavy atom. The van der Waals surface area contributed by atoms with Crippen LogP contribution in [-0.2, 0) is 30.4 Å². The van der Waals surface area contributed by atoms with Crippen molar-refractivity contribution in [3.63, 3.8) is 0 Å². The van der Waals surface area contributed by atoms with E-state index in [2.05, 4.69) is 0 Å². The van der Waals surface area contributed by atoms with Crippen LogP contribution >= 0.6 is 104 Å². The topological polar surface area (TPSA) is 147 Å². The maximum absolute atomic E-state index is 13.6. The molecule has 256 valence electrons. The molecule has 0 heterocycles. The fourth-order valence-corrected chi connectivity index (χ4v) is 9.32. The van der Waals surface area contributed by atoms with Crippen LogP contribution in [0, 0.1) is 0 Å². The molecular weight excluding hydrogens is 888 g/mol. The molecule has 0 bridgehead atoms. The van der Waals surface area contributed by atoms with E-state index in [1.807, 2.05) is 0 Å². The number of rotatable bonds is 10. The van der Waals surface area contributed by atoms with Crippen LogP contribution in [0.25, 0.3) is 0 Å². The first kappa shape index (κ1) is 39.2. The van der Waals surface area contributed by atoms with Crippen LogP contribution in [0.5, 0.6) is 17.2 Å². The highest BCUT2D eigenvalue weighted by Gasteiger charge is 2.35. The normalized spacial score (nSPS) is 12.1. The highest BCUT2D eigenvalue weighted by molar-refractivity contribution is 7.88. The van der Waals surface area contributed by atoms with Gasteiger partial charge in [0.2, 0.25) is 11.5 Å². The van der Waals surface area contributed by atoms with E-state index in [0.29, 0.717) is 0 Å². The Labute approximate surface area is 318 Å². The van der Waals surface area contributed by atoms with Crippen molar-refractivity contribution >= 4 is 141 Å². The lowest BCUT2D eigenvalue weighted by Crippen LogP contribution is -2.18. The van der Waals surface area contributed by atoms with Crippen LogP contribution in [-0.4, -0.2) is 31.0 Å². The van der Waals surface area contributed by atoms with Gasteiger partial charge in [0.1, 0.15) is 14.7 Å². The predicted molar refractivity (Wildman–Crippen MR) is 184 cm³/mol. The molecule has 0 N–H and O–H groups in total. The third-order valence-corrected chi connectivity index (χ3v) is 13.9. The average Bonchev–Trinajstić information content (AvgIpc) is 2.98. The molecule has 4 aromatic carbocycles. The van der Waals surface area contributed by atoms with Crippen molar-refractivity contribution in [2.75, 3.05) is 0 Å². The summed E-state index contributed by atoms with van der Waals surface area (Å²) in [6.45, 7) is 0.946. The first-order chi connectivity index (χ1) is 22.1. The van der Waals surface area contributed by atoms with Gasteiger partial charge in [-0.05, 0) is 55.5 Å². The molecule has 4 aromatic rings. The Hall–Kier alpha value is -1.59. The molecule has 0 radical (unpaired) electrons. The monoisotopic (exact) mass is 894 g/mol.